The monoisotopic (exact) mass is 367 g/mol. The SMILES string of the molecule is C[C@H](NCC=Cc1ccc(OCCCCCc2ccccc2)cc1)C(=O)O. The topological polar surface area (TPSA) is 58.6 Å². The maximum atomic E-state index is 10.7. The number of ether oxygens (including phenoxy) is 1. The first kappa shape index (κ1) is 20.7. The van der Waals surface area contributed by atoms with Gasteiger partial charge in [-0.2, -0.15) is 0 Å². The molecule has 0 radical (unpaired) electrons. The zero-order valence-corrected chi connectivity index (χ0v) is 15.9. The van der Waals surface area contributed by atoms with Gasteiger partial charge in [0.1, 0.15) is 11.8 Å². The number of carboxylic acid groups (broad SMARTS) is 1. The van der Waals surface area contributed by atoms with Crippen molar-refractivity contribution in [2.24, 2.45) is 0 Å². The van der Waals surface area contributed by atoms with Crippen LogP contribution in [0.1, 0.15) is 37.3 Å². The normalized spacial score (nSPS) is 12.2. The molecule has 0 bridgehead atoms. The van der Waals surface area contributed by atoms with E-state index in [4.69, 9.17) is 9.84 Å². The number of aliphatic carboxylic acids is 1. The zero-order valence-electron chi connectivity index (χ0n) is 15.9. The molecule has 2 rings (SSSR count). The first-order valence-corrected chi connectivity index (χ1v) is 9.54. The van der Waals surface area contributed by atoms with Crippen molar-refractivity contribution >= 4 is 12.0 Å². The van der Waals surface area contributed by atoms with Gasteiger partial charge in [0.25, 0.3) is 0 Å². The van der Waals surface area contributed by atoms with Gasteiger partial charge in [-0.1, -0.05) is 54.6 Å². The van der Waals surface area contributed by atoms with Crippen molar-refractivity contribution in [1.82, 2.24) is 5.32 Å². The molecule has 4 nitrogen and oxygen atoms in total. The van der Waals surface area contributed by atoms with Gasteiger partial charge < -0.3 is 15.2 Å². The molecule has 0 heterocycles. The average molecular weight is 367 g/mol. The van der Waals surface area contributed by atoms with Gasteiger partial charge in [-0.15, -0.1) is 0 Å². The van der Waals surface area contributed by atoms with Crippen LogP contribution in [0.15, 0.2) is 60.7 Å². The highest BCUT2D eigenvalue weighted by Gasteiger charge is 2.07. The van der Waals surface area contributed by atoms with Crippen LogP contribution in [0.25, 0.3) is 6.08 Å². The molecular formula is C23H29NO3. The van der Waals surface area contributed by atoms with Gasteiger partial charge in [0, 0.05) is 6.54 Å². The Morgan fingerprint density at radius 2 is 1.81 bits per heavy atom. The van der Waals surface area contributed by atoms with Crippen LogP contribution in [0.3, 0.4) is 0 Å². The van der Waals surface area contributed by atoms with E-state index in [1.807, 2.05) is 36.4 Å². The lowest BCUT2D eigenvalue weighted by Crippen LogP contribution is -2.33. The molecule has 27 heavy (non-hydrogen) atoms. The summed E-state index contributed by atoms with van der Waals surface area (Å²) in [5.74, 6) is 0.0396. The van der Waals surface area contributed by atoms with E-state index in [-0.39, 0.29) is 0 Å². The molecule has 0 aliphatic rings. The average Bonchev–Trinajstić information content (AvgIpc) is 2.69. The van der Waals surface area contributed by atoms with Crippen molar-refractivity contribution in [1.29, 1.82) is 0 Å². The highest BCUT2D eigenvalue weighted by atomic mass is 16.5. The summed E-state index contributed by atoms with van der Waals surface area (Å²) in [5.41, 5.74) is 2.46. The number of nitrogens with one attached hydrogen (secondary N) is 1. The Morgan fingerprint density at radius 3 is 2.52 bits per heavy atom. The molecule has 0 saturated carbocycles. The van der Waals surface area contributed by atoms with Gasteiger partial charge in [0.2, 0.25) is 0 Å². The van der Waals surface area contributed by atoms with Gasteiger partial charge in [-0.05, 0) is 55.9 Å². The molecule has 1 atom stereocenters. The van der Waals surface area contributed by atoms with Crippen molar-refractivity contribution < 1.29 is 14.6 Å². The molecule has 0 spiro atoms. The van der Waals surface area contributed by atoms with Crippen molar-refractivity contribution in [2.75, 3.05) is 13.2 Å². The fourth-order valence-corrected chi connectivity index (χ4v) is 2.64. The summed E-state index contributed by atoms with van der Waals surface area (Å²) in [5, 5.41) is 11.7. The van der Waals surface area contributed by atoms with Crippen LogP contribution in [-0.2, 0) is 11.2 Å². The van der Waals surface area contributed by atoms with Crippen LogP contribution < -0.4 is 10.1 Å². The maximum Gasteiger partial charge on any atom is 0.320 e. The predicted molar refractivity (Wildman–Crippen MR) is 110 cm³/mol. The Labute approximate surface area is 161 Å². The number of hydrogen-bond acceptors (Lipinski definition) is 3. The Kier molecular flexibility index (Phi) is 9.14. The quantitative estimate of drug-likeness (QED) is 0.540. The molecule has 0 aromatic heterocycles. The molecule has 0 aliphatic heterocycles. The minimum absolute atomic E-state index is 0.523. The maximum absolute atomic E-state index is 10.7. The lowest BCUT2D eigenvalue weighted by Gasteiger charge is -2.07. The molecule has 0 saturated heterocycles. The highest BCUT2D eigenvalue weighted by molar-refractivity contribution is 5.72. The summed E-state index contributed by atoms with van der Waals surface area (Å²) in [7, 11) is 0. The summed E-state index contributed by atoms with van der Waals surface area (Å²) in [6, 6.07) is 18.0. The van der Waals surface area contributed by atoms with Crippen LogP contribution in [0, 0.1) is 0 Å². The molecular weight excluding hydrogens is 338 g/mol. The standard InChI is InChI=1S/C23H29NO3/c1-19(23(25)26)24-17-8-12-21-13-15-22(16-14-21)27-18-7-3-6-11-20-9-4-2-5-10-20/h2,4-5,8-10,12-16,19,24H,3,6-7,11,17-18H2,1H3,(H,25,26)/t19-/m0/s1. The molecule has 0 amide bonds. The van der Waals surface area contributed by atoms with Crippen LogP contribution in [0.2, 0.25) is 0 Å². The number of unbranched alkanes of at least 4 members (excludes halogenated alkanes) is 2. The predicted octanol–water partition coefficient (Wildman–Crippen LogP) is 4.55. The second-order valence-corrected chi connectivity index (χ2v) is 6.58. The van der Waals surface area contributed by atoms with Gasteiger partial charge in [-0.3, -0.25) is 4.79 Å². The third-order valence-corrected chi connectivity index (χ3v) is 4.32. The van der Waals surface area contributed by atoms with Crippen LogP contribution in [0.4, 0.5) is 0 Å². The second-order valence-electron chi connectivity index (χ2n) is 6.58. The lowest BCUT2D eigenvalue weighted by atomic mass is 10.1. The summed E-state index contributed by atoms with van der Waals surface area (Å²) >= 11 is 0. The smallest absolute Gasteiger partial charge is 0.320 e. The van der Waals surface area contributed by atoms with Gasteiger partial charge >= 0.3 is 5.97 Å². The number of rotatable bonds is 12. The minimum Gasteiger partial charge on any atom is -0.494 e. The number of hydrogen-bond donors (Lipinski definition) is 2. The van der Waals surface area contributed by atoms with Gasteiger partial charge in [-0.25, -0.2) is 0 Å². The minimum atomic E-state index is -0.843. The summed E-state index contributed by atoms with van der Waals surface area (Å²) in [6.45, 7) is 2.89. The van der Waals surface area contributed by atoms with Crippen molar-refractivity contribution in [3.8, 4) is 5.75 Å². The lowest BCUT2D eigenvalue weighted by molar-refractivity contribution is -0.138. The first-order valence-electron chi connectivity index (χ1n) is 9.54. The number of carbonyl (C=O) groups is 1. The largest absolute Gasteiger partial charge is 0.494 e. The Bertz CT molecular complexity index is 695. The molecule has 2 aromatic carbocycles. The van der Waals surface area contributed by atoms with Gasteiger partial charge in [0.15, 0.2) is 0 Å². The second kappa shape index (κ2) is 11.9. The first-order chi connectivity index (χ1) is 13.1. The van der Waals surface area contributed by atoms with E-state index in [0.717, 1.165) is 37.2 Å². The summed E-state index contributed by atoms with van der Waals surface area (Å²) in [4.78, 5) is 10.7. The van der Waals surface area contributed by atoms with Crippen LogP contribution in [0.5, 0.6) is 5.75 Å². The van der Waals surface area contributed by atoms with E-state index in [9.17, 15) is 4.79 Å². The Morgan fingerprint density at radius 1 is 1.07 bits per heavy atom. The van der Waals surface area contributed by atoms with E-state index in [1.54, 1.807) is 6.92 Å². The van der Waals surface area contributed by atoms with E-state index in [1.165, 1.54) is 12.0 Å². The summed E-state index contributed by atoms with van der Waals surface area (Å²) in [6.07, 6.45) is 8.42. The van der Waals surface area contributed by atoms with Crippen molar-refractivity contribution in [3.05, 3.63) is 71.8 Å². The number of carboxylic acids is 1. The molecule has 2 aromatic rings. The van der Waals surface area contributed by atoms with E-state index < -0.39 is 12.0 Å². The zero-order chi connectivity index (χ0) is 19.3. The fraction of sp³-hybridized carbons (Fsp3) is 0.348. The molecule has 0 aliphatic carbocycles. The molecule has 0 unspecified atom stereocenters. The molecule has 2 N–H and O–H groups in total. The van der Waals surface area contributed by atoms with Crippen LogP contribution >= 0.6 is 0 Å². The van der Waals surface area contributed by atoms with Crippen molar-refractivity contribution in [3.63, 3.8) is 0 Å². The Balaban J connectivity index is 1.59. The molecule has 4 heteroatoms. The van der Waals surface area contributed by atoms with Crippen molar-refractivity contribution in [2.45, 2.75) is 38.6 Å². The summed E-state index contributed by atoms with van der Waals surface area (Å²) < 4.78 is 5.80. The number of benzene rings is 2. The number of aryl methyl sites for hydroxylation is 1. The van der Waals surface area contributed by atoms with Crippen LogP contribution in [-0.4, -0.2) is 30.3 Å². The van der Waals surface area contributed by atoms with Gasteiger partial charge in [0.05, 0.1) is 6.61 Å². The highest BCUT2D eigenvalue weighted by Crippen LogP contribution is 2.14. The van der Waals surface area contributed by atoms with E-state index in [0.29, 0.717) is 6.54 Å². The fourth-order valence-electron chi connectivity index (χ4n) is 2.64. The third kappa shape index (κ3) is 8.56. The van der Waals surface area contributed by atoms with E-state index in [2.05, 4.69) is 35.6 Å². The Hall–Kier alpha value is -2.59. The third-order valence-electron chi connectivity index (χ3n) is 4.32. The molecule has 0 fully saturated rings. The molecule has 144 valence electrons. The van der Waals surface area contributed by atoms with E-state index >= 15 is 0 Å².